The largest absolute Gasteiger partial charge is 0.351 e. The molecule has 8 heteroatoms. The summed E-state index contributed by atoms with van der Waals surface area (Å²) in [6.45, 7) is 4.00. The molecule has 0 radical (unpaired) electrons. The average Bonchev–Trinajstić information content (AvgIpc) is 3.30. The molecule has 1 unspecified atom stereocenters. The van der Waals surface area contributed by atoms with Crippen molar-refractivity contribution in [1.29, 1.82) is 0 Å². The van der Waals surface area contributed by atoms with Crippen LogP contribution in [-0.2, 0) is 0 Å². The van der Waals surface area contributed by atoms with Crippen molar-refractivity contribution >= 4 is 40.2 Å². The smallest absolute Gasteiger partial charge is 0.258 e. The van der Waals surface area contributed by atoms with Crippen LogP contribution in [0, 0.1) is 12.7 Å². The lowest BCUT2D eigenvalue weighted by Crippen LogP contribution is -2.46. The molecule has 1 aliphatic heterocycles. The lowest BCUT2D eigenvalue weighted by Gasteiger charge is -2.37. The van der Waals surface area contributed by atoms with Crippen molar-refractivity contribution in [3.63, 3.8) is 0 Å². The first kappa shape index (κ1) is 22.3. The van der Waals surface area contributed by atoms with Crippen LogP contribution in [0.1, 0.15) is 30.0 Å². The third-order valence-corrected chi connectivity index (χ3v) is 6.23. The normalized spacial score (nSPS) is 16.1. The van der Waals surface area contributed by atoms with Gasteiger partial charge in [0, 0.05) is 22.0 Å². The molecule has 5 rings (SSSR count). The maximum atomic E-state index is 13.8. The van der Waals surface area contributed by atoms with Crippen molar-refractivity contribution in [3.8, 4) is 11.4 Å². The molecule has 0 saturated carbocycles. The number of aromatic nitrogens is 2. The van der Waals surface area contributed by atoms with Gasteiger partial charge in [-0.3, -0.25) is 4.90 Å². The molecule has 4 aromatic rings. The molecule has 1 N–H and O–H groups in total. The number of thiocarbonyl (C=S) groups is 1. The molecule has 0 spiro atoms. The quantitative estimate of drug-likeness (QED) is 0.321. The van der Waals surface area contributed by atoms with E-state index in [-0.39, 0.29) is 11.9 Å². The van der Waals surface area contributed by atoms with Crippen LogP contribution in [-0.4, -0.2) is 15.3 Å². The van der Waals surface area contributed by atoms with Gasteiger partial charge in [0.25, 0.3) is 5.89 Å². The summed E-state index contributed by atoms with van der Waals surface area (Å²) in [6.07, 6.45) is 0. The van der Waals surface area contributed by atoms with Gasteiger partial charge >= 0.3 is 0 Å². The minimum atomic E-state index is -0.369. The van der Waals surface area contributed by atoms with Crippen molar-refractivity contribution in [2.24, 2.45) is 0 Å². The number of hydrogen-bond donors (Lipinski definition) is 1. The monoisotopic (exact) mass is 490 g/mol. The number of benzene rings is 3. The fourth-order valence-electron chi connectivity index (χ4n) is 4.04. The van der Waals surface area contributed by atoms with Gasteiger partial charge in [0.1, 0.15) is 5.82 Å². The summed E-state index contributed by atoms with van der Waals surface area (Å²) in [5.41, 5.74) is 5.08. The Morgan fingerprint density at radius 3 is 2.53 bits per heavy atom. The Morgan fingerprint density at radius 1 is 1.03 bits per heavy atom. The number of allylic oxidation sites excluding steroid dienone is 1. The molecule has 170 valence electrons. The van der Waals surface area contributed by atoms with Gasteiger partial charge in [0.05, 0.1) is 11.6 Å². The van der Waals surface area contributed by atoms with Crippen molar-refractivity contribution in [2.45, 2.75) is 19.9 Å². The highest BCUT2D eigenvalue weighted by atomic mass is 35.5. The van der Waals surface area contributed by atoms with E-state index in [1.165, 1.54) is 12.1 Å². The van der Waals surface area contributed by atoms with Crippen molar-refractivity contribution in [2.75, 3.05) is 4.90 Å². The zero-order valence-corrected chi connectivity index (χ0v) is 20.0. The predicted molar refractivity (Wildman–Crippen MR) is 136 cm³/mol. The number of nitrogens with zero attached hydrogens (tertiary/aromatic N) is 3. The van der Waals surface area contributed by atoms with Crippen LogP contribution in [0.4, 0.5) is 10.1 Å². The Balaban J connectivity index is 1.66. The van der Waals surface area contributed by atoms with E-state index in [0.717, 1.165) is 28.1 Å². The van der Waals surface area contributed by atoms with Gasteiger partial charge in [-0.15, -0.1) is 0 Å². The molecule has 1 atom stereocenters. The summed E-state index contributed by atoms with van der Waals surface area (Å²) in [4.78, 5) is 6.56. The van der Waals surface area contributed by atoms with E-state index in [9.17, 15) is 4.39 Å². The van der Waals surface area contributed by atoms with E-state index in [1.54, 1.807) is 12.1 Å². The standard InChI is InChI=1S/C26H20ClFN4OS/c1-15-9-11-21(12-10-15)32-16(2)22(23(29-26(32)34)17-5-3-7-19(27)13-17)25-30-24(31-33-25)18-6-4-8-20(28)14-18/h3-14,23H,1-2H3,(H,29,34). The minimum Gasteiger partial charge on any atom is -0.351 e. The first-order chi connectivity index (χ1) is 16.4. The number of aryl methyl sites for hydroxylation is 1. The molecule has 0 aliphatic carbocycles. The number of halogens is 2. The molecule has 0 saturated heterocycles. The van der Waals surface area contributed by atoms with Gasteiger partial charge in [-0.1, -0.05) is 58.7 Å². The number of nitrogens with one attached hydrogen (secondary N) is 1. The van der Waals surface area contributed by atoms with E-state index >= 15 is 0 Å². The lowest BCUT2D eigenvalue weighted by atomic mass is 9.94. The van der Waals surface area contributed by atoms with Crippen LogP contribution in [0.25, 0.3) is 17.0 Å². The van der Waals surface area contributed by atoms with Crippen LogP contribution in [0.5, 0.6) is 0 Å². The lowest BCUT2D eigenvalue weighted by molar-refractivity contribution is 0.404. The summed E-state index contributed by atoms with van der Waals surface area (Å²) in [5.74, 6) is 0.245. The summed E-state index contributed by atoms with van der Waals surface area (Å²) in [5, 5.41) is 8.68. The molecule has 1 aliphatic rings. The third-order valence-electron chi connectivity index (χ3n) is 5.70. The molecular weight excluding hydrogens is 471 g/mol. The van der Waals surface area contributed by atoms with Gasteiger partial charge in [0.15, 0.2) is 5.11 Å². The fraction of sp³-hybridized carbons (Fsp3) is 0.115. The summed E-state index contributed by atoms with van der Waals surface area (Å²) in [7, 11) is 0. The topological polar surface area (TPSA) is 54.2 Å². The number of anilines is 1. The maximum Gasteiger partial charge on any atom is 0.258 e. The number of rotatable bonds is 4. The van der Waals surface area contributed by atoms with Crippen LogP contribution in [0.2, 0.25) is 5.02 Å². The van der Waals surface area contributed by atoms with Crippen molar-refractivity contribution < 1.29 is 8.91 Å². The minimum absolute atomic E-state index is 0.301. The Bertz CT molecular complexity index is 1420. The van der Waals surface area contributed by atoms with Gasteiger partial charge in [0.2, 0.25) is 5.82 Å². The van der Waals surface area contributed by atoms with Crippen LogP contribution in [0.3, 0.4) is 0 Å². The molecule has 5 nitrogen and oxygen atoms in total. The van der Waals surface area contributed by atoms with Crippen LogP contribution in [0.15, 0.2) is 83.0 Å². The fourth-order valence-corrected chi connectivity index (χ4v) is 4.60. The summed E-state index contributed by atoms with van der Waals surface area (Å²) < 4.78 is 19.5. The van der Waals surface area contributed by atoms with E-state index in [1.807, 2.05) is 67.3 Å². The van der Waals surface area contributed by atoms with Gasteiger partial charge in [-0.25, -0.2) is 4.39 Å². The second-order valence-electron chi connectivity index (χ2n) is 8.04. The molecule has 1 aromatic heterocycles. The Morgan fingerprint density at radius 2 is 1.79 bits per heavy atom. The van der Waals surface area contributed by atoms with Gasteiger partial charge in [-0.2, -0.15) is 4.98 Å². The van der Waals surface area contributed by atoms with Gasteiger partial charge < -0.3 is 9.84 Å². The first-order valence-corrected chi connectivity index (χ1v) is 11.4. The first-order valence-electron chi connectivity index (χ1n) is 10.6. The number of hydrogen-bond acceptors (Lipinski definition) is 4. The van der Waals surface area contributed by atoms with E-state index in [4.69, 9.17) is 28.3 Å². The second-order valence-corrected chi connectivity index (χ2v) is 8.86. The van der Waals surface area contributed by atoms with Crippen molar-refractivity contribution in [3.05, 3.63) is 106 Å². The summed E-state index contributed by atoms with van der Waals surface area (Å²) in [6, 6.07) is 21.3. The zero-order chi connectivity index (χ0) is 23.8. The molecular formula is C26H20ClFN4OS. The third kappa shape index (κ3) is 4.20. The van der Waals surface area contributed by atoms with E-state index in [2.05, 4.69) is 15.5 Å². The molecule has 0 bridgehead atoms. The molecule has 0 amide bonds. The van der Waals surface area contributed by atoms with Gasteiger partial charge in [-0.05, 0) is 68.0 Å². The van der Waals surface area contributed by atoms with Crippen LogP contribution >= 0.6 is 23.8 Å². The molecule has 0 fully saturated rings. The highest BCUT2D eigenvalue weighted by Gasteiger charge is 2.34. The predicted octanol–water partition coefficient (Wildman–Crippen LogP) is 6.70. The average molecular weight is 491 g/mol. The molecule has 3 aromatic carbocycles. The Labute approximate surface area is 206 Å². The zero-order valence-electron chi connectivity index (χ0n) is 18.4. The molecule has 34 heavy (non-hydrogen) atoms. The Kier molecular flexibility index (Phi) is 5.89. The highest BCUT2D eigenvalue weighted by molar-refractivity contribution is 7.80. The molecule has 2 heterocycles. The maximum absolute atomic E-state index is 13.8. The SMILES string of the molecule is CC1=C(c2nc(-c3cccc(F)c3)no2)C(c2cccc(Cl)c2)NC(=S)N1c1ccc(C)cc1. The Hall–Kier alpha value is -3.55. The van der Waals surface area contributed by atoms with E-state index < -0.39 is 0 Å². The van der Waals surface area contributed by atoms with Crippen molar-refractivity contribution in [1.82, 2.24) is 15.5 Å². The highest BCUT2D eigenvalue weighted by Crippen LogP contribution is 2.39. The van der Waals surface area contributed by atoms with E-state index in [0.29, 0.717) is 27.4 Å². The second kappa shape index (κ2) is 9.00. The summed E-state index contributed by atoms with van der Waals surface area (Å²) >= 11 is 12.1. The van der Waals surface area contributed by atoms with Crippen LogP contribution < -0.4 is 10.2 Å².